The van der Waals surface area contributed by atoms with E-state index in [9.17, 15) is 13.2 Å². The molecule has 0 heterocycles. The van der Waals surface area contributed by atoms with Crippen molar-refractivity contribution >= 4 is 21.4 Å². The highest BCUT2D eigenvalue weighted by molar-refractivity contribution is 7.90. The van der Waals surface area contributed by atoms with Gasteiger partial charge in [-0.15, -0.1) is 0 Å². The summed E-state index contributed by atoms with van der Waals surface area (Å²) in [4.78, 5) is 12.2. The van der Waals surface area contributed by atoms with Gasteiger partial charge in [-0.3, -0.25) is 4.79 Å². The van der Waals surface area contributed by atoms with E-state index in [1.807, 2.05) is 25.1 Å². The van der Waals surface area contributed by atoms with Crippen molar-refractivity contribution < 1.29 is 17.9 Å². The van der Waals surface area contributed by atoms with E-state index in [4.69, 9.17) is 4.74 Å². The van der Waals surface area contributed by atoms with Crippen LogP contribution in [0.25, 0.3) is 0 Å². The van der Waals surface area contributed by atoms with Crippen molar-refractivity contribution in [1.82, 2.24) is 0 Å². The van der Waals surface area contributed by atoms with Gasteiger partial charge in [0.25, 0.3) is 5.91 Å². The summed E-state index contributed by atoms with van der Waals surface area (Å²) >= 11 is 0. The van der Waals surface area contributed by atoms with Crippen LogP contribution in [0, 0.1) is 6.92 Å². The predicted octanol–water partition coefficient (Wildman–Crippen LogP) is 3.54. The third kappa shape index (κ3) is 5.32. The zero-order valence-corrected chi connectivity index (χ0v) is 15.7. The second-order valence-electron chi connectivity index (χ2n) is 6.31. The van der Waals surface area contributed by atoms with Crippen molar-refractivity contribution in [1.29, 1.82) is 0 Å². The van der Waals surface area contributed by atoms with E-state index < -0.39 is 9.84 Å². The van der Waals surface area contributed by atoms with E-state index in [-0.39, 0.29) is 17.4 Å². The first kappa shape index (κ1) is 19.0. The first-order valence-corrected chi connectivity index (χ1v) is 9.89. The minimum Gasteiger partial charge on any atom is -0.484 e. The number of benzene rings is 2. The summed E-state index contributed by atoms with van der Waals surface area (Å²) in [5.41, 5.74) is 2.90. The molecule has 0 bridgehead atoms. The maximum atomic E-state index is 12.0. The summed E-state index contributed by atoms with van der Waals surface area (Å²) in [6, 6.07) is 11.8. The van der Waals surface area contributed by atoms with Gasteiger partial charge in [0, 0.05) is 11.9 Å². The zero-order valence-electron chi connectivity index (χ0n) is 14.9. The molecule has 6 heteroatoms. The van der Waals surface area contributed by atoms with Crippen molar-refractivity contribution in [2.75, 3.05) is 18.2 Å². The van der Waals surface area contributed by atoms with E-state index in [0.717, 1.165) is 11.8 Å². The van der Waals surface area contributed by atoms with E-state index in [0.29, 0.717) is 17.4 Å². The molecule has 2 aromatic rings. The van der Waals surface area contributed by atoms with Gasteiger partial charge in [0.15, 0.2) is 16.4 Å². The fourth-order valence-corrected chi connectivity index (χ4v) is 3.15. The topological polar surface area (TPSA) is 72.5 Å². The number of sulfone groups is 1. The number of rotatable bonds is 6. The van der Waals surface area contributed by atoms with Crippen LogP contribution in [0.15, 0.2) is 47.4 Å². The summed E-state index contributed by atoms with van der Waals surface area (Å²) in [5.74, 6) is 0.773. The molecule has 0 saturated carbocycles. The molecular formula is C19H23NO4S. The lowest BCUT2D eigenvalue weighted by molar-refractivity contribution is -0.118. The van der Waals surface area contributed by atoms with Crippen molar-refractivity contribution in [3.05, 3.63) is 53.6 Å². The maximum absolute atomic E-state index is 12.0. The molecule has 2 rings (SSSR count). The highest BCUT2D eigenvalue weighted by atomic mass is 32.2. The van der Waals surface area contributed by atoms with Gasteiger partial charge >= 0.3 is 0 Å². The monoisotopic (exact) mass is 361 g/mol. The Morgan fingerprint density at radius 3 is 2.28 bits per heavy atom. The van der Waals surface area contributed by atoms with Crippen LogP contribution >= 0.6 is 0 Å². The number of aryl methyl sites for hydroxylation is 1. The summed E-state index contributed by atoms with van der Waals surface area (Å²) < 4.78 is 28.3. The Morgan fingerprint density at radius 2 is 1.76 bits per heavy atom. The summed E-state index contributed by atoms with van der Waals surface area (Å²) in [7, 11) is -3.25. The molecule has 0 unspecified atom stereocenters. The number of carbonyl (C=O) groups is 1. The van der Waals surface area contributed by atoms with E-state index >= 15 is 0 Å². The van der Waals surface area contributed by atoms with Crippen molar-refractivity contribution in [3.63, 3.8) is 0 Å². The van der Waals surface area contributed by atoms with Crippen LogP contribution in [0.2, 0.25) is 0 Å². The molecule has 0 spiro atoms. The fourth-order valence-electron chi connectivity index (χ4n) is 2.52. The zero-order chi connectivity index (χ0) is 18.6. The Balaban J connectivity index is 1.94. The van der Waals surface area contributed by atoms with Crippen LogP contribution in [0.4, 0.5) is 5.69 Å². The van der Waals surface area contributed by atoms with Gasteiger partial charge in [0.2, 0.25) is 0 Å². The van der Waals surface area contributed by atoms with Crippen LogP contribution < -0.4 is 10.1 Å². The van der Waals surface area contributed by atoms with Crippen molar-refractivity contribution in [2.24, 2.45) is 0 Å². The quantitative estimate of drug-likeness (QED) is 0.854. The Morgan fingerprint density at radius 1 is 1.12 bits per heavy atom. The van der Waals surface area contributed by atoms with Crippen LogP contribution in [-0.2, 0) is 14.6 Å². The van der Waals surface area contributed by atoms with Gasteiger partial charge in [-0.2, -0.15) is 0 Å². The third-order valence-corrected chi connectivity index (χ3v) is 4.93. The SMILES string of the molecule is Cc1cc(OCC(=O)Nc2ccc(S(C)(=O)=O)cc2)ccc1C(C)C. The third-order valence-electron chi connectivity index (χ3n) is 3.80. The van der Waals surface area contributed by atoms with E-state index in [1.165, 1.54) is 17.7 Å². The molecule has 0 saturated heterocycles. The Labute approximate surface area is 148 Å². The van der Waals surface area contributed by atoms with Crippen LogP contribution in [0.3, 0.4) is 0 Å². The second kappa shape index (κ2) is 7.70. The average Bonchev–Trinajstić information content (AvgIpc) is 2.52. The molecule has 0 atom stereocenters. The average molecular weight is 361 g/mol. The van der Waals surface area contributed by atoms with Gasteiger partial charge in [-0.05, 0) is 60.4 Å². The van der Waals surface area contributed by atoms with Crippen molar-refractivity contribution in [3.8, 4) is 5.75 Å². The number of hydrogen-bond acceptors (Lipinski definition) is 4. The molecule has 1 N–H and O–H groups in total. The number of hydrogen-bond donors (Lipinski definition) is 1. The minimum absolute atomic E-state index is 0.117. The number of anilines is 1. The maximum Gasteiger partial charge on any atom is 0.262 e. The van der Waals surface area contributed by atoms with Crippen LogP contribution in [0.5, 0.6) is 5.75 Å². The second-order valence-corrected chi connectivity index (χ2v) is 8.32. The Hall–Kier alpha value is -2.34. The molecule has 0 aliphatic rings. The largest absolute Gasteiger partial charge is 0.484 e. The molecule has 134 valence electrons. The van der Waals surface area contributed by atoms with Gasteiger partial charge < -0.3 is 10.1 Å². The van der Waals surface area contributed by atoms with Gasteiger partial charge in [-0.1, -0.05) is 19.9 Å². The van der Waals surface area contributed by atoms with Gasteiger partial charge in [0.05, 0.1) is 4.90 Å². The summed E-state index contributed by atoms with van der Waals surface area (Å²) in [6.45, 7) is 6.16. The smallest absolute Gasteiger partial charge is 0.262 e. The lowest BCUT2D eigenvalue weighted by Crippen LogP contribution is -2.20. The summed E-state index contributed by atoms with van der Waals surface area (Å²) in [6.07, 6.45) is 1.14. The predicted molar refractivity (Wildman–Crippen MR) is 98.9 cm³/mol. The first-order valence-electron chi connectivity index (χ1n) is 8.00. The number of amides is 1. The highest BCUT2D eigenvalue weighted by Crippen LogP contribution is 2.23. The Kier molecular flexibility index (Phi) is 5.85. The number of ether oxygens (including phenoxy) is 1. The molecule has 0 fully saturated rings. The van der Waals surface area contributed by atoms with Crippen LogP contribution in [-0.4, -0.2) is 27.2 Å². The number of nitrogens with one attached hydrogen (secondary N) is 1. The highest BCUT2D eigenvalue weighted by Gasteiger charge is 2.09. The molecule has 0 aliphatic heterocycles. The van der Waals surface area contributed by atoms with Gasteiger partial charge in [0.1, 0.15) is 5.75 Å². The van der Waals surface area contributed by atoms with E-state index in [2.05, 4.69) is 19.2 Å². The summed E-state index contributed by atoms with van der Waals surface area (Å²) in [5, 5.41) is 2.68. The van der Waals surface area contributed by atoms with Crippen molar-refractivity contribution in [2.45, 2.75) is 31.6 Å². The lowest BCUT2D eigenvalue weighted by atomic mass is 9.98. The molecule has 0 radical (unpaired) electrons. The molecule has 0 aliphatic carbocycles. The minimum atomic E-state index is -3.25. The molecular weight excluding hydrogens is 338 g/mol. The molecule has 2 aromatic carbocycles. The molecule has 5 nitrogen and oxygen atoms in total. The standard InChI is InChI=1S/C19H23NO4S/c1-13(2)18-10-7-16(11-14(18)3)24-12-19(21)20-15-5-8-17(9-6-15)25(4,22)23/h5-11,13H,12H2,1-4H3,(H,20,21). The Bertz CT molecular complexity index is 855. The lowest BCUT2D eigenvalue weighted by Gasteiger charge is -2.12. The molecule has 0 aromatic heterocycles. The van der Waals surface area contributed by atoms with Crippen LogP contribution in [0.1, 0.15) is 30.9 Å². The molecule has 1 amide bonds. The van der Waals surface area contributed by atoms with E-state index in [1.54, 1.807) is 12.1 Å². The normalized spacial score (nSPS) is 11.4. The molecule has 25 heavy (non-hydrogen) atoms. The van der Waals surface area contributed by atoms with Gasteiger partial charge in [-0.25, -0.2) is 8.42 Å². The fraction of sp³-hybridized carbons (Fsp3) is 0.316. The number of carbonyl (C=O) groups excluding carboxylic acids is 1. The first-order chi connectivity index (χ1) is 11.7.